The monoisotopic (exact) mass is 442 g/mol. The molecule has 0 unspecified atom stereocenters. The lowest BCUT2D eigenvalue weighted by Gasteiger charge is -2.14. The van der Waals surface area contributed by atoms with Crippen molar-refractivity contribution in [3.63, 3.8) is 0 Å². The molecule has 0 aliphatic heterocycles. The van der Waals surface area contributed by atoms with Gasteiger partial charge in [-0.15, -0.1) is 11.3 Å². The summed E-state index contributed by atoms with van der Waals surface area (Å²) in [5, 5.41) is 15.5. The van der Waals surface area contributed by atoms with Gasteiger partial charge in [0.25, 0.3) is 0 Å². The molecule has 0 radical (unpaired) electrons. The van der Waals surface area contributed by atoms with Crippen LogP contribution in [0.15, 0.2) is 47.8 Å². The molecule has 0 saturated heterocycles. The average Bonchev–Trinajstić information content (AvgIpc) is 3.41. The highest BCUT2D eigenvalue weighted by atomic mass is 35.5. The molecule has 0 amide bonds. The number of carbonyl (C=O) groups is 1. The lowest BCUT2D eigenvalue weighted by molar-refractivity contribution is -0.136. The van der Waals surface area contributed by atoms with Gasteiger partial charge in [0, 0.05) is 23.1 Å². The van der Waals surface area contributed by atoms with Gasteiger partial charge in [0.15, 0.2) is 5.13 Å². The van der Waals surface area contributed by atoms with Crippen LogP contribution in [0.2, 0.25) is 5.02 Å². The van der Waals surface area contributed by atoms with E-state index in [1.165, 1.54) is 24.2 Å². The Hall–Kier alpha value is -2.57. The maximum Gasteiger partial charge on any atom is 0.303 e. The second-order valence-electron chi connectivity index (χ2n) is 7.42. The smallest absolute Gasteiger partial charge is 0.303 e. The minimum Gasteiger partial charge on any atom is -0.489 e. The summed E-state index contributed by atoms with van der Waals surface area (Å²) in [5.41, 5.74) is 3.72. The molecular weight excluding hydrogens is 420 g/mol. The van der Waals surface area contributed by atoms with E-state index in [0.29, 0.717) is 11.4 Å². The van der Waals surface area contributed by atoms with Crippen molar-refractivity contribution in [2.45, 2.75) is 44.6 Å². The van der Waals surface area contributed by atoms with Crippen molar-refractivity contribution >= 4 is 39.7 Å². The normalized spacial score (nSPS) is 14.0. The molecule has 30 heavy (non-hydrogen) atoms. The van der Waals surface area contributed by atoms with Crippen LogP contribution in [-0.2, 0) is 11.2 Å². The van der Waals surface area contributed by atoms with Crippen molar-refractivity contribution < 1.29 is 14.6 Å². The fraction of sp³-hybridized carbons (Fsp3) is 0.304. The third kappa shape index (κ3) is 5.32. The first-order chi connectivity index (χ1) is 14.6. The largest absolute Gasteiger partial charge is 0.489 e. The molecular formula is C23H23ClN2O3S. The van der Waals surface area contributed by atoms with Crippen LogP contribution in [0.4, 0.5) is 10.8 Å². The highest BCUT2D eigenvalue weighted by Gasteiger charge is 2.18. The molecule has 5 nitrogen and oxygen atoms in total. The lowest BCUT2D eigenvalue weighted by Crippen LogP contribution is -2.11. The topological polar surface area (TPSA) is 71.5 Å². The second kappa shape index (κ2) is 9.49. The van der Waals surface area contributed by atoms with E-state index < -0.39 is 5.97 Å². The van der Waals surface area contributed by atoms with Crippen LogP contribution in [0.1, 0.15) is 37.7 Å². The van der Waals surface area contributed by atoms with Crippen LogP contribution in [0, 0.1) is 0 Å². The van der Waals surface area contributed by atoms with E-state index in [9.17, 15) is 4.79 Å². The standard InChI is InChI=1S/C23H23ClN2O3S/c24-19-13-16(8-11-21(19)29-18-3-1-2-4-18)20-14-30-23(26-20)25-17-9-5-15(6-10-17)7-12-22(27)28/h5-6,8-11,13-14,18H,1-4,7,12H2,(H,25,26)(H,27,28). The number of carboxylic acid groups (broad SMARTS) is 1. The van der Waals surface area contributed by atoms with Crippen LogP contribution in [0.5, 0.6) is 5.75 Å². The van der Waals surface area contributed by atoms with Gasteiger partial charge in [-0.2, -0.15) is 0 Å². The first-order valence-corrected chi connectivity index (χ1v) is 11.3. The second-order valence-corrected chi connectivity index (χ2v) is 8.69. The summed E-state index contributed by atoms with van der Waals surface area (Å²) < 4.78 is 6.03. The van der Waals surface area contributed by atoms with E-state index >= 15 is 0 Å². The van der Waals surface area contributed by atoms with E-state index in [4.69, 9.17) is 21.4 Å². The van der Waals surface area contributed by atoms with Gasteiger partial charge in [0.1, 0.15) is 5.75 Å². The summed E-state index contributed by atoms with van der Waals surface area (Å²) in [6.45, 7) is 0. The van der Waals surface area contributed by atoms with Gasteiger partial charge in [-0.25, -0.2) is 4.98 Å². The Labute approximate surface area is 184 Å². The molecule has 1 aliphatic carbocycles. The first kappa shape index (κ1) is 20.7. The number of hydrogen-bond acceptors (Lipinski definition) is 5. The highest BCUT2D eigenvalue weighted by molar-refractivity contribution is 7.14. The number of ether oxygens (including phenoxy) is 1. The van der Waals surface area contributed by atoms with Crippen molar-refractivity contribution in [1.82, 2.24) is 4.98 Å². The number of aliphatic carboxylic acids is 1. The van der Waals surface area contributed by atoms with Crippen LogP contribution in [0.25, 0.3) is 11.3 Å². The molecule has 1 heterocycles. The van der Waals surface area contributed by atoms with Gasteiger partial charge in [-0.3, -0.25) is 4.79 Å². The minimum atomic E-state index is -0.786. The lowest BCUT2D eigenvalue weighted by atomic mass is 10.1. The van der Waals surface area contributed by atoms with Gasteiger partial charge in [0.05, 0.1) is 16.8 Å². The molecule has 4 rings (SSSR count). The molecule has 0 spiro atoms. The van der Waals surface area contributed by atoms with E-state index in [0.717, 1.165) is 46.2 Å². The Bertz CT molecular complexity index is 1010. The number of nitrogens with one attached hydrogen (secondary N) is 1. The van der Waals surface area contributed by atoms with Crippen molar-refractivity contribution in [2.75, 3.05) is 5.32 Å². The number of carboxylic acids is 1. The fourth-order valence-corrected chi connectivity index (χ4v) is 4.50. The molecule has 2 N–H and O–H groups in total. The number of aromatic nitrogens is 1. The third-order valence-corrected chi connectivity index (χ3v) is 6.21. The zero-order valence-corrected chi connectivity index (χ0v) is 18.0. The summed E-state index contributed by atoms with van der Waals surface area (Å²) in [4.78, 5) is 15.3. The number of nitrogens with zero attached hydrogens (tertiary/aromatic N) is 1. The fourth-order valence-electron chi connectivity index (χ4n) is 3.53. The molecule has 7 heteroatoms. The zero-order chi connectivity index (χ0) is 20.9. The molecule has 2 aromatic carbocycles. The van der Waals surface area contributed by atoms with E-state index in [2.05, 4.69) is 10.3 Å². The van der Waals surface area contributed by atoms with Crippen LogP contribution < -0.4 is 10.1 Å². The van der Waals surface area contributed by atoms with Gasteiger partial charge < -0.3 is 15.2 Å². The molecule has 1 aromatic heterocycles. The number of benzene rings is 2. The Morgan fingerprint density at radius 3 is 2.67 bits per heavy atom. The van der Waals surface area contributed by atoms with Gasteiger partial charge in [0.2, 0.25) is 0 Å². The van der Waals surface area contributed by atoms with Gasteiger partial charge in [-0.05, 0) is 68.0 Å². The maximum atomic E-state index is 10.7. The molecule has 1 fully saturated rings. The van der Waals surface area contributed by atoms with Crippen LogP contribution >= 0.6 is 22.9 Å². The molecule has 0 bridgehead atoms. The number of aryl methyl sites for hydroxylation is 1. The number of hydrogen-bond donors (Lipinski definition) is 2. The molecule has 0 atom stereocenters. The zero-order valence-electron chi connectivity index (χ0n) is 16.4. The van der Waals surface area contributed by atoms with Crippen LogP contribution in [0.3, 0.4) is 0 Å². The maximum absolute atomic E-state index is 10.7. The Morgan fingerprint density at radius 1 is 1.20 bits per heavy atom. The van der Waals surface area contributed by atoms with Crippen molar-refractivity contribution in [1.29, 1.82) is 0 Å². The van der Waals surface area contributed by atoms with E-state index in [1.54, 1.807) is 0 Å². The number of thiazole rings is 1. The average molecular weight is 443 g/mol. The predicted molar refractivity (Wildman–Crippen MR) is 121 cm³/mol. The number of halogens is 1. The first-order valence-electron chi connectivity index (χ1n) is 10.1. The highest BCUT2D eigenvalue weighted by Crippen LogP contribution is 2.34. The van der Waals surface area contributed by atoms with Crippen molar-refractivity contribution in [2.24, 2.45) is 0 Å². The van der Waals surface area contributed by atoms with Crippen LogP contribution in [-0.4, -0.2) is 22.2 Å². The predicted octanol–water partition coefficient (Wildman–Crippen LogP) is 6.55. The van der Waals surface area contributed by atoms with Crippen molar-refractivity contribution in [3.05, 3.63) is 58.4 Å². The van der Waals surface area contributed by atoms with Gasteiger partial charge in [-0.1, -0.05) is 23.7 Å². The summed E-state index contributed by atoms with van der Waals surface area (Å²) in [7, 11) is 0. The summed E-state index contributed by atoms with van der Waals surface area (Å²) in [6.07, 6.45) is 5.58. The molecule has 1 saturated carbocycles. The van der Waals surface area contributed by atoms with E-state index in [-0.39, 0.29) is 12.5 Å². The van der Waals surface area contributed by atoms with E-state index in [1.807, 2.05) is 47.8 Å². The Balaban J connectivity index is 1.40. The molecule has 1 aliphatic rings. The Kier molecular flexibility index (Phi) is 6.55. The quantitative estimate of drug-likeness (QED) is 0.414. The van der Waals surface area contributed by atoms with Crippen molar-refractivity contribution in [3.8, 4) is 17.0 Å². The minimum absolute atomic E-state index is 0.135. The summed E-state index contributed by atoms with van der Waals surface area (Å²) in [6, 6.07) is 13.6. The molecule has 156 valence electrons. The molecule has 3 aromatic rings. The third-order valence-electron chi connectivity index (χ3n) is 5.16. The number of anilines is 2. The summed E-state index contributed by atoms with van der Waals surface area (Å²) >= 11 is 7.97. The SMILES string of the molecule is O=C(O)CCc1ccc(Nc2nc(-c3ccc(OC4CCCC4)c(Cl)c3)cs2)cc1. The van der Waals surface area contributed by atoms with Gasteiger partial charge >= 0.3 is 5.97 Å². The number of rotatable bonds is 8. The Morgan fingerprint density at radius 2 is 1.97 bits per heavy atom. The summed E-state index contributed by atoms with van der Waals surface area (Å²) in [5.74, 6) is -0.0466.